The lowest BCUT2D eigenvalue weighted by molar-refractivity contribution is -0.120. The number of aromatic nitrogens is 2. The van der Waals surface area contributed by atoms with E-state index in [1.54, 1.807) is 6.92 Å². The van der Waals surface area contributed by atoms with Gasteiger partial charge in [0.1, 0.15) is 0 Å². The monoisotopic (exact) mass is 329 g/mol. The molecular weight excluding hydrogens is 302 g/mol. The molecule has 1 heterocycles. The summed E-state index contributed by atoms with van der Waals surface area (Å²) in [6, 6.07) is 6.19. The fourth-order valence-electron chi connectivity index (χ4n) is 3.00. The van der Waals surface area contributed by atoms with Crippen LogP contribution >= 0.6 is 0 Å². The molecule has 0 saturated heterocycles. The molecule has 1 unspecified atom stereocenters. The maximum Gasteiger partial charge on any atom is 0.229 e. The van der Waals surface area contributed by atoms with Crippen LogP contribution in [0.1, 0.15) is 64.7 Å². The van der Waals surface area contributed by atoms with E-state index < -0.39 is 6.10 Å². The summed E-state index contributed by atoms with van der Waals surface area (Å²) < 4.78 is 2.15. The molecule has 1 saturated carbocycles. The number of anilines is 1. The van der Waals surface area contributed by atoms with Gasteiger partial charge in [-0.05, 0) is 49.8 Å². The number of benzene rings is 1. The van der Waals surface area contributed by atoms with Crippen molar-refractivity contribution in [1.29, 1.82) is 0 Å². The zero-order valence-electron chi connectivity index (χ0n) is 14.9. The fraction of sp³-hybridized carbons (Fsp3) is 0.579. The molecule has 0 radical (unpaired) electrons. The van der Waals surface area contributed by atoms with Crippen LogP contribution in [0.25, 0.3) is 11.0 Å². The third-order valence-electron chi connectivity index (χ3n) is 5.28. The molecule has 0 bridgehead atoms. The molecule has 2 aromatic rings. The molecule has 5 nitrogen and oxygen atoms in total. The molecule has 1 fully saturated rings. The van der Waals surface area contributed by atoms with Gasteiger partial charge in [0, 0.05) is 12.0 Å². The normalized spacial score (nSPS) is 17.8. The number of nitrogens with zero attached hydrogens (tertiary/aromatic N) is 2. The molecule has 2 atom stereocenters. The van der Waals surface area contributed by atoms with Gasteiger partial charge in [-0.3, -0.25) is 10.1 Å². The number of fused-ring (bicyclic) bond motifs is 1. The van der Waals surface area contributed by atoms with Gasteiger partial charge in [0.05, 0.1) is 17.1 Å². The average Bonchev–Trinajstić information content (AvgIpc) is 2.82. The first-order valence-electron chi connectivity index (χ1n) is 8.89. The lowest BCUT2D eigenvalue weighted by atomic mass is 9.92. The summed E-state index contributed by atoms with van der Waals surface area (Å²) in [4.78, 5) is 17.1. The first-order chi connectivity index (χ1) is 11.4. The minimum atomic E-state index is -0.516. The van der Waals surface area contributed by atoms with Crippen molar-refractivity contribution in [2.45, 2.75) is 59.1 Å². The summed E-state index contributed by atoms with van der Waals surface area (Å²) in [5.74, 6) is 0.868. The van der Waals surface area contributed by atoms with E-state index in [1.165, 1.54) is 6.42 Å². The Balaban J connectivity index is 2.01. The van der Waals surface area contributed by atoms with E-state index in [4.69, 9.17) is 0 Å². The Kier molecular flexibility index (Phi) is 4.63. The molecule has 130 valence electrons. The van der Waals surface area contributed by atoms with E-state index in [9.17, 15) is 9.90 Å². The van der Waals surface area contributed by atoms with E-state index in [1.807, 2.05) is 39.0 Å². The first-order valence-corrected chi connectivity index (χ1v) is 8.89. The third kappa shape index (κ3) is 3.05. The molecule has 0 spiro atoms. The van der Waals surface area contributed by atoms with Gasteiger partial charge in [-0.1, -0.05) is 26.8 Å². The van der Waals surface area contributed by atoms with Gasteiger partial charge in [-0.15, -0.1) is 0 Å². The van der Waals surface area contributed by atoms with Crippen molar-refractivity contribution < 1.29 is 9.90 Å². The van der Waals surface area contributed by atoms with E-state index in [-0.39, 0.29) is 17.7 Å². The maximum absolute atomic E-state index is 12.5. The smallest absolute Gasteiger partial charge is 0.229 e. The number of rotatable bonds is 5. The summed E-state index contributed by atoms with van der Waals surface area (Å²) in [6.45, 7) is 7.81. The molecule has 24 heavy (non-hydrogen) atoms. The van der Waals surface area contributed by atoms with Crippen LogP contribution in [0.4, 0.5) is 5.95 Å². The zero-order valence-corrected chi connectivity index (χ0v) is 14.9. The Labute approximate surface area is 143 Å². The van der Waals surface area contributed by atoms with Gasteiger partial charge in [0.2, 0.25) is 11.9 Å². The molecule has 0 aliphatic heterocycles. The number of hydrogen-bond donors (Lipinski definition) is 2. The van der Waals surface area contributed by atoms with Crippen LogP contribution in [0.5, 0.6) is 0 Å². The van der Waals surface area contributed by atoms with Crippen LogP contribution in [0.3, 0.4) is 0 Å². The summed E-state index contributed by atoms with van der Waals surface area (Å²) in [5, 5.41) is 12.9. The van der Waals surface area contributed by atoms with E-state index in [0.29, 0.717) is 12.0 Å². The second kappa shape index (κ2) is 6.55. The lowest BCUT2D eigenvalue weighted by Crippen LogP contribution is -2.27. The number of aliphatic hydroxyl groups is 1. The van der Waals surface area contributed by atoms with Crippen LogP contribution in [-0.4, -0.2) is 20.6 Å². The van der Waals surface area contributed by atoms with Crippen LogP contribution in [-0.2, 0) is 4.79 Å². The molecule has 5 heteroatoms. The van der Waals surface area contributed by atoms with Gasteiger partial charge >= 0.3 is 0 Å². The van der Waals surface area contributed by atoms with Gasteiger partial charge in [-0.25, -0.2) is 4.98 Å². The topological polar surface area (TPSA) is 67.2 Å². The number of aliphatic hydroxyl groups excluding tert-OH is 1. The summed E-state index contributed by atoms with van der Waals surface area (Å²) in [6.07, 6.45) is 2.90. The van der Waals surface area contributed by atoms with Crippen molar-refractivity contribution in [2.75, 3.05) is 5.32 Å². The molecule has 1 aliphatic carbocycles. The number of carbonyl (C=O) groups excluding carboxylic acids is 1. The standard InChI is InChI=1S/C19H27N3O2/c1-11(2)12(3)18(24)21-19-20-16-9-8-14(13(4)23)10-17(16)22(19)15-6-5-7-15/h8-13,15,23H,5-7H2,1-4H3,(H,20,21,24)/t12-,13?/m0/s1. The van der Waals surface area contributed by atoms with Gasteiger partial charge < -0.3 is 9.67 Å². The van der Waals surface area contributed by atoms with Crippen LogP contribution in [0.15, 0.2) is 18.2 Å². The number of imidazole rings is 1. The Bertz CT molecular complexity index is 744. The Hall–Kier alpha value is -1.88. The van der Waals surface area contributed by atoms with Crippen LogP contribution in [0.2, 0.25) is 0 Å². The molecule has 3 rings (SSSR count). The molecule has 1 aromatic carbocycles. The number of nitrogens with one attached hydrogen (secondary N) is 1. The highest BCUT2D eigenvalue weighted by Gasteiger charge is 2.27. The van der Waals surface area contributed by atoms with Crippen LogP contribution in [0, 0.1) is 11.8 Å². The summed E-state index contributed by atoms with van der Waals surface area (Å²) >= 11 is 0. The van der Waals surface area contributed by atoms with E-state index in [0.717, 1.165) is 29.4 Å². The molecule has 1 amide bonds. The second-order valence-corrected chi connectivity index (χ2v) is 7.34. The largest absolute Gasteiger partial charge is 0.389 e. The van der Waals surface area contributed by atoms with Gasteiger partial charge in [-0.2, -0.15) is 0 Å². The minimum absolute atomic E-state index is 0.0108. The molecular formula is C19H27N3O2. The number of carbonyl (C=O) groups is 1. The van der Waals surface area contributed by atoms with Crippen molar-refractivity contribution in [3.63, 3.8) is 0 Å². The first kappa shape index (κ1) is 17.0. The quantitative estimate of drug-likeness (QED) is 0.870. The highest BCUT2D eigenvalue weighted by Crippen LogP contribution is 2.38. The Morgan fingerprint density at radius 1 is 1.29 bits per heavy atom. The number of amides is 1. The predicted octanol–water partition coefficient (Wildman–Crippen LogP) is 4.05. The fourth-order valence-corrected chi connectivity index (χ4v) is 3.00. The predicted molar refractivity (Wildman–Crippen MR) is 95.9 cm³/mol. The van der Waals surface area contributed by atoms with Crippen molar-refractivity contribution in [3.05, 3.63) is 23.8 Å². The zero-order chi connectivity index (χ0) is 17.4. The Morgan fingerprint density at radius 2 is 2.00 bits per heavy atom. The number of hydrogen-bond acceptors (Lipinski definition) is 3. The summed E-state index contributed by atoms with van der Waals surface area (Å²) in [5.41, 5.74) is 2.72. The van der Waals surface area contributed by atoms with Gasteiger partial charge in [0.15, 0.2) is 0 Å². The lowest BCUT2D eigenvalue weighted by Gasteiger charge is -2.29. The average molecular weight is 329 g/mol. The molecule has 2 N–H and O–H groups in total. The molecule has 1 aliphatic rings. The van der Waals surface area contributed by atoms with Crippen molar-refractivity contribution in [1.82, 2.24) is 9.55 Å². The van der Waals surface area contributed by atoms with Crippen molar-refractivity contribution in [2.24, 2.45) is 11.8 Å². The second-order valence-electron chi connectivity index (χ2n) is 7.34. The van der Waals surface area contributed by atoms with Crippen molar-refractivity contribution in [3.8, 4) is 0 Å². The van der Waals surface area contributed by atoms with E-state index >= 15 is 0 Å². The van der Waals surface area contributed by atoms with Crippen LogP contribution < -0.4 is 5.32 Å². The molecule has 1 aromatic heterocycles. The SMILES string of the molecule is CC(O)c1ccc2nc(NC(=O)[C@@H](C)C(C)C)n(C3CCC3)c2c1. The highest BCUT2D eigenvalue weighted by molar-refractivity contribution is 5.93. The maximum atomic E-state index is 12.5. The Morgan fingerprint density at radius 3 is 2.54 bits per heavy atom. The van der Waals surface area contributed by atoms with Gasteiger partial charge in [0.25, 0.3) is 0 Å². The van der Waals surface area contributed by atoms with Crippen molar-refractivity contribution >= 4 is 22.9 Å². The minimum Gasteiger partial charge on any atom is -0.389 e. The summed E-state index contributed by atoms with van der Waals surface area (Å²) in [7, 11) is 0. The van der Waals surface area contributed by atoms with E-state index in [2.05, 4.69) is 14.9 Å². The third-order valence-corrected chi connectivity index (χ3v) is 5.28. The highest BCUT2D eigenvalue weighted by atomic mass is 16.3.